The summed E-state index contributed by atoms with van der Waals surface area (Å²) in [6.07, 6.45) is 0. The van der Waals surface area contributed by atoms with Gasteiger partial charge in [0.2, 0.25) is 0 Å². The summed E-state index contributed by atoms with van der Waals surface area (Å²) in [5.41, 5.74) is 2.89. The molecule has 0 saturated heterocycles. The van der Waals surface area contributed by atoms with E-state index in [9.17, 15) is 0 Å². The molecule has 0 radical (unpaired) electrons. The van der Waals surface area contributed by atoms with Gasteiger partial charge in [0.15, 0.2) is 0 Å². The second kappa shape index (κ2) is 7.09. The first-order valence-electron chi connectivity index (χ1n) is 3.71. The Morgan fingerprint density at radius 3 is 2.40 bits per heavy atom. The van der Waals surface area contributed by atoms with Crippen molar-refractivity contribution in [1.82, 2.24) is 5.43 Å². The van der Waals surface area contributed by atoms with E-state index in [1.807, 2.05) is 0 Å². The van der Waals surface area contributed by atoms with E-state index in [-0.39, 0.29) is 24.2 Å². The van der Waals surface area contributed by atoms with Crippen LogP contribution < -0.4 is 11.3 Å². The van der Waals surface area contributed by atoms with Gasteiger partial charge in [0.05, 0.1) is 0 Å². The highest BCUT2D eigenvalue weighted by Crippen LogP contribution is 2.24. The van der Waals surface area contributed by atoms with Crippen molar-refractivity contribution >= 4 is 53.0 Å². The molecule has 1 aromatic carbocycles. The summed E-state index contributed by atoms with van der Waals surface area (Å²) < 4.78 is 5.07. The zero-order valence-electron chi connectivity index (χ0n) is 7.50. The highest BCUT2D eigenvalue weighted by atomic mass is 35.5. The molecular weight excluding hydrogens is 279 g/mol. The van der Waals surface area contributed by atoms with E-state index in [1.165, 1.54) is 0 Å². The quantitative estimate of drug-likeness (QED) is 0.499. The Kier molecular flexibility index (Phi) is 6.96. The third kappa shape index (κ3) is 4.40. The maximum Gasteiger partial charge on any atom is 0.271 e. The molecule has 84 valence electrons. The topological polar surface area (TPSA) is 47.3 Å². The fraction of sp³-hybridized carbons (Fsp3) is 0.125. The SMILES string of the molecule is Cl.NNC(=S)OCc1c(Cl)cccc1Cl. The van der Waals surface area contributed by atoms with Gasteiger partial charge in [-0.1, -0.05) is 29.3 Å². The lowest BCUT2D eigenvalue weighted by Gasteiger charge is -2.08. The molecule has 0 spiro atoms. The van der Waals surface area contributed by atoms with Crippen molar-refractivity contribution in [2.45, 2.75) is 6.61 Å². The summed E-state index contributed by atoms with van der Waals surface area (Å²) >= 11 is 16.5. The number of nitrogens with one attached hydrogen (secondary N) is 1. The molecule has 0 fully saturated rings. The summed E-state index contributed by atoms with van der Waals surface area (Å²) in [4.78, 5) is 0. The molecule has 3 N–H and O–H groups in total. The Morgan fingerprint density at radius 2 is 1.93 bits per heavy atom. The van der Waals surface area contributed by atoms with E-state index in [2.05, 4.69) is 5.43 Å². The summed E-state index contributed by atoms with van der Waals surface area (Å²) in [7, 11) is 0. The van der Waals surface area contributed by atoms with Crippen molar-refractivity contribution < 1.29 is 4.74 Å². The predicted molar refractivity (Wildman–Crippen MR) is 68.4 cm³/mol. The van der Waals surface area contributed by atoms with E-state index in [4.69, 9.17) is 46.0 Å². The first-order chi connectivity index (χ1) is 6.65. The molecule has 0 unspecified atom stereocenters. The highest BCUT2D eigenvalue weighted by Gasteiger charge is 2.06. The number of thiocarbonyl (C=S) groups is 1. The van der Waals surface area contributed by atoms with Gasteiger partial charge in [-0.3, -0.25) is 5.43 Å². The van der Waals surface area contributed by atoms with Crippen LogP contribution in [0, 0.1) is 0 Å². The minimum atomic E-state index is 0. The Morgan fingerprint density at radius 1 is 1.40 bits per heavy atom. The van der Waals surface area contributed by atoms with E-state index >= 15 is 0 Å². The van der Waals surface area contributed by atoms with Crippen LogP contribution in [0.25, 0.3) is 0 Å². The summed E-state index contributed by atoms with van der Waals surface area (Å²) in [6, 6.07) is 5.21. The molecule has 0 aliphatic rings. The zero-order chi connectivity index (χ0) is 10.6. The molecular formula is C8H9Cl3N2OS. The Hall–Kier alpha value is -0.260. The largest absolute Gasteiger partial charge is 0.465 e. The first kappa shape index (κ1) is 14.7. The van der Waals surface area contributed by atoms with Gasteiger partial charge in [0.1, 0.15) is 6.61 Å². The molecule has 0 saturated carbocycles. The molecule has 0 bridgehead atoms. The van der Waals surface area contributed by atoms with Gasteiger partial charge in [-0.05, 0) is 24.4 Å². The number of halogens is 3. The van der Waals surface area contributed by atoms with Crippen LogP contribution in [0.2, 0.25) is 10.0 Å². The normalized spacial score (nSPS) is 9.00. The Bertz CT molecular complexity index is 328. The van der Waals surface area contributed by atoms with Gasteiger partial charge < -0.3 is 4.74 Å². The predicted octanol–water partition coefficient (Wildman–Crippen LogP) is 2.68. The van der Waals surface area contributed by atoms with Crippen molar-refractivity contribution in [3.63, 3.8) is 0 Å². The van der Waals surface area contributed by atoms with Gasteiger partial charge in [-0.2, -0.15) is 0 Å². The summed E-state index contributed by atoms with van der Waals surface area (Å²) in [6.45, 7) is 0.196. The lowest BCUT2D eigenvalue weighted by molar-refractivity contribution is 0.287. The minimum absolute atomic E-state index is 0. The average Bonchev–Trinajstić information content (AvgIpc) is 2.16. The van der Waals surface area contributed by atoms with Crippen molar-refractivity contribution in [3.8, 4) is 0 Å². The fourth-order valence-corrected chi connectivity index (χ4v) is 1.42. The van der Waals surface area contributed by atoms with Crippen LogP contribution >= 0.6 is 47.8 Å². The first-order valence-corrected chi connectivity index (χ1v) is 4.88. The van der Waals surface area contributed by atoms with Crippen molar-refractivity contribution in [2.75, 3.05) is 0 Å². The second-order valence-electron chi connectivity index (χ2n) is 2.42. The maximum absolute atomic E-state index is 5.90. The molecule has 1 rings (SSSR count). The molecule has 0 heterocycles. The summed E-state index contributed by atoms with van der Waals surface area (Å²) in [5, 5.41) is 1.18. The standard InChI is InChI=1S/C8H8Cl2N2OS.ClH/c9-6-2-1-3-7(10)5(6)4-13-8(14)12-11;/h1-3H,4,11H2,(H,12,14);1H. The number of ether oxygens (including phenoxy) is 1. The van der Waals surface area contributed by atoms with Crippen LogP contribution in [0.1, 0.15) is 5.56 Å². The highest BCUT2D eigenvalue weighted by molar-refractivity contribution is 7.80. The summed E-state index contributed by atoms with van der Waals surface area (Å²) in [5.74, 6) is 5.03. The number of hydrazine groups is 1. The molecule has 1 aromatic rings. The van der Waals surface area contributed by atoms with Crippen molar-refractivity contribution in [3.05, 3.63) is 33.8 Å². The lowest BCUT2D eigenvalue weighted by atomic mass is 10.2. The number of rotatable bonds is 2. The van der Waals surface area contributed by atoms with Crippen LogP contribution in [0.15, 0.2) is 18.2 Å². The molecule has 0 amide bonds. The lowest BCUT2D eigenvalue weighted by Crippen LogP contribution is -2.30. The van der Waals surface area contributed by atoms with Crippen LogP contribution in [-0.2, 0) is 11.3 Å². The van der Waals surface area contributed by atoms with Gasteiger partial charge in [-0.25, -0.2) is 5.84 Å². The van der Waals surface area contributed by atoms with Gasteiger partial charge in [0.25, 0.3) is 5.17 Å². The average molecular weight is 288 g/mol. The molecule has 0 atom stereocenters. The zero-order valence-corrected chi connectivity index (χ0v) is 10.6. The third-order valence-electron chi connectivity index (χ3n) is 1.53. The molecule has 0 aliphatic carbocycles. The Balaban J connectivity index is 0.00000196. The molecule has 0 aromatic heterocycles. The number of hydrogen-bond donors (Lipinski definition) is 2. The van der Waals surface area contributed by atoms with Gasteiger partial charge >= 0.3 is 0 Å². The number of nitrogens with two attached hydrogens (primary N) is 1. The van der Waals surface area contributed by atoms with Crippen LogP contribution in [0.3, 0.4) is 0 Å². The van der Waals surface area contributed by atoms with E-state index in [1.54, 1.807) is 18.2 Å². The van der Waals surface area contributed by atoms with Crippen LogP contribution in [0.4, 0.5) is 0 Å². The number of benzene rings is 1. The molecule has 0 aliphatic heterocycles. The van der Waals surface area contributed by atoms with E-state index in [0.717, 1.165) is 0 Å². The van der Waals surface area contributed by atoms with Crippen molar-refractivity contribution in [2.24, 2.45) is 5.84 Å². The van der Waals surface area contributed by atoms with Crippen LogP contribution in [-0.4, -0.2) is 5.17 Å². The van der Waals surface area contributed by atoms with E-state index in [0.29, 0.717) is 15.6 Å². The number of hydrogen-bond acceptors (Lipinski definition) is 3. The smallest absolute Gasteiger partial charge is 0.271 e. The molecule has 3 nitrogen and oxygen atoms in total. The monoisotopic (exact) mass is 286 g/mol. The minimum Gasteiger partial charge on any atom is -0.465 e. The van der Waals surface area contributed by atoms with E-state index < -0.39 is 0 Å². The van der Waals surface area contributed by atoms with Gasteiger partial charge in [-0.15, -0.1) is 12.4 Å². The van der Waals surface area contributed by atoms with Crippen molar-refractivity contribution in [1.29, 1.82) is 0 Å². The second-order valence-corrected chi connectivity index (χ2v) is 3.61. The van der Waals surface area contributed by atoms with Crippen LogP contribution in [0.5, 0.6) is 0 Å². The van der Waals surface area contributed by atoms with Gasteiger partial charge in [0, 0.05) is 15.6 Å². The maximum atomic E-state index is 5.90. The third-order valence-corrected chi connectivity index (χ3v) is 2.47. The molecule has 15 heavy (non-hydrogen) atoms. The Labute approximate surface area is 109 Å². The molecule has 7 heteroatoms. The fourth-order valence-electron chi connectivity index (χ4n) is 0.850.